The van der Waals surface area contributed by atoms with Gasteiger partial charge in [0.15, 0.2) is 0 Å². The van der Waals surface area contributed by atoms with Gasteiger partial charge >= 0.3 is 0 Å². The minimum Gasteiger partial charge on any atom is -0.323 e. The molecule has 0 radical (unpaired) electrons. The molecule has 1 aromatic heterocycles. The van der Waals surface area contributed by atoms with Crippen LogP contribution in [0.1, 0.15) is 24.4 Å². The Bertz CT molecular complexity index is 641. The molecule has 2 rings (SSSR count). The lowest BCUT2D eigenvalue weighted by Gasteiger charge is -2.16. The molecular weight excluding hydrogens is 287 g/mol. The number of halogens is 2. The lowest BCUT2D eigenvalue weighted by atomic mass is 10.2. The molecule has 0 bridgehead atoms. The number of hydrogen-bond acceptors (Lipinski definition) is 2. The molecule has 2 unspecified atom stereocenters. The van der Waals surface area contributed by atoms with Gasteiger partial charge in [-0.3, -0.25) is 4.21 Å². The van der Waals surface area contributed by atoms with Crippen LogP contribution in [0.3, 0.4) is 0 Å². The highest BCUT2D eigenvalue weighted by atomic mass is 35.5. The zero-order chi connectivity index (χ0) is 14.2. The zero-order valence-corrected chi connectivity index (χ0v) is 12.7. The topological polar surface area (TPSA) is 34.9 Å². The van der Waals surface area contributed by atoms with E-state index in [0.29, 0.717) is 22.7 Å². The molecule has 0 aliphatic carbocycles. The van der Waals surface area contributed by atoms with Crippen LogP contribution in [0.15, 0.2) is 12.1 Å². The molecule has 0 saturated heterocycles. The molecule has 1 aromatic carbocycles. The summed E-state index contributed by atoms with van der Waals surface area (Å²) >= 11 is 5.91. The smallest absolute Gasteiger partial charge is 0.128 e. The first-order valence-corrected chi connectivity index (χ1v) is 8.23. The highest BCUT2D eigenvalue weighted by Crippen LogP contribution is 2.25. The van der Waals surface area contributed by atoms with E-state index in [4.69, 9.17) is 11.6 Å². The number of imidazole rings is 1. The van der Waals surface area contributed by atoms with Gasteiger partial charge in [-0.25, -0.2) is 9.37 Å². The van der Waals surface area contributed by atoms with Gasteiger partial charge < -0.3 is 4.57 Å². The van der Waals surface area contributed by atoms with Crippen LogP contribution in [0.4, 0.5) is 4.39 Å². The summed E-state index contributed by atoms with van der Waals surface area (Å²) in [7, 11) is -0.909. The van der Waals surface area contributed by atoms with Gasteiger partial charge in [-0.15, -0.1) is 11.6 Å². The van der Waals surface area contributed by atoms with Crippen LogP contribution < -0.4 is 0 Å². The summed E-state index contributed by atoms with van der Waals surface area (Å²) in [5.74, 6) is 1.17. The third-order valence-corrected chi connectivity index (χ3v) is 4.27. The minimum atomic E-state index is -0.909. The first-order chi connectivity index (χ1) is 8.93. The molecule has 2 aromatic rings. The van der Waals surface area contributed by atoms with Crippen molar-refractivity contribution in [3.8, 4) is 0 Å². The van der Waals surface area contributed by atoms with Crippen molar-refractivity contribution < 1.29 is 8.60 Å². The van der Waals surface area contributed by atoms with E-state index in [1.807, 2.05) is 11.5 Å². The summed E-state index contributed by atoms with van der Waals surface area (Å²) in [5.41, 5.74) is 2.00. The Balaban J connectivity index is 2.62. The zero-order valence-electron chi connectivity index (χ0n) is 11.1. The largest absolute Gasteiger partial charge is 0.323 e. The van der Waals surface area contributed by atoms with E-state index in [1.54, 1.807) is 19.2 Å². The van der Waals surface area contributed by atoms with E-state index >= 15 is 0 Å². The first kappa shape index (κ1) is 14.5. The van der Waals surface area contributed by atoms with E-state index in [9.17, 15) is 8.60 Å². The van der Waals surface area contributed by atoms with Crippen molar-refractivity contribution in [2.45, 2.75) is 25.8 Å². The second kappa shape index (κ2) is 5.59. The predicted octanol–water partition coefficient (Wildman–Crippen LogP) is 3.16. The molecule has 0 N–H and O–H groups in total. The first-order valence-electron chi connectivity index (χ1n) is 5.97. The highest BCUT2D eigenvalue weighted by Gasteiger charge is 2.17. The number of alkyl halides is 1. The Kier molecular flexibility index (Phi) is 4.26. The Labute approximate surface area is 119 Å². The summed E-state index contributed by atoms with van der Waals surface area (Å²) < 4.78 is 26.9. The fourth-order valence-electron chi connectivity index (χ4n) is 2.27. The van der Waals surface area contributed by atoms with Gasteiger partial charge in [0.05, 0.1) is 16.9 Å². The van der Waals surface area contributed by atoms with Gasteiger partial charge in [0.25, 0.3) is 0 Å². The Morgan fingerprint density at radius 3 is 2.79 bits per heavy atom. The lowest BCUT2D eigenvalue weighted by Crippen LogP contribution is -2.15. The summed E-state index contributed by atoms with van der Waals surface area (Å²) in [6, 6.07) is 3.20. The van der Waals surface area contributed by atoms with Gasteiger partial charge in [0.1, 0.15) is 11.6 Å². The van der Waals surface area contributed by atoms with Crippen LogP contribution in [0.25, 0.3) is 11.0 Å². The Hall–Kier alpha value is -0.940. The SMILES string of the molecule is Cc1cc2c(cc1F)nc(CCl)n2C(C)CS(C)=O. The van der Waals surface area contributed by atoms with Crippen molar-refractivity contribution in [3.63, 3.8) is 0 Å². The van der Waals surface area contributed by atoms with Crippen LogP contribution in [0.5, 0.6) is 0 Å². The number of aryl methyl sites for hydroxylation is 1. The van der Waals surface area contributed by atoms with Crippen LogP contribution in [-0.4, -0.2) is 25.8 Å². The average Bonchev–Trinajstić information content (AvgIpc) is 2.66. The van der Waals surface area contributed by atoms with E-state index in [2.05, 4.69) is 4.98 Å². The van der Waals surface area contributed by atoms with Crippen molar-refractivity contribution in [1.29, 1.82) is 0 Å². The van der Waals surface area contributed by atoms with E-state index in [1.165, 1.54) is 6.07 Å². The predicted molar refractivity (Wildman–Crippen MR) is 77.6 cm³/mol. The van der Waals surface area contributed by atoms with Crippen LogP contribution in [0.2, 0.25) is 0 Å². The van der Waals surface area contributed by atoms with Crippen molar-refractivity contribution in [1.82, 2.24) is 9.55 Å². The number of nitrogens with zero attached hydrogens (tertiary/aromatic N) is 2. The second-order valence-electron chi connectivity index (χ2n) is 4.71. The molecule has 1 heterocycles. The summed E-state index contributed by atoms with van der Waals surface area (Å²) in [5, 5.41) is 0. The average molecular weight is 303 g/mol. The third kappa shape index (κ3) is 2.82. The quantitative estimate of drug-likeness (QED) is 0.813. The number of fused-ring (bicyclic) bond motifs is 1. The lowest BCUT2D eigenvalue weighted by molar-refractivity contribution is 0.593. The molecule has 0 saturated carbocycles. The maximum atomic E-state index is 13.6. The third-order valence-electron chi connectivity index (χ3n) is 3.08. The van der Waals surface area contributed by atoms with Crippen LogP contribution in [0, 0.1) is 12.7 Å². The maximum absolute atomic E-state index is 13.6. The number of hydrogen-bond donors (Lipinski definition) is 0. The number of benzene rings is 1. The Morgan fingerprint density at radius 2 is 2.21 bits per heavy atom. The summed E-state index contributed by atoms with van der Waals surface area (Å²) in [4.78, 5) is 4.35. The minimum absolute atomic E-state index is 0.00874. The van der Waals surface area contributed by atoms with Crippen molar-refractivity contribution >= 4 is 33.4 Å². The molecule has 104 valence electrons. The van der Waals surface area contributed by atoms with Crippen molar-refractivity contribution in [2.75, 3.05) is 12.0 Å². The Morgan fingerprint density at radius 1 is 1.53 bits per heavy atom. The molecule has 0 amide bonds. The molecular formula is C13H16ClFN2OS. The standard InChI is InChI=1S/C13H16ClFN2OS/c1-8-4-12-11(5-10(8)15)16-13(6-14)17(12)9(2)7-19(3)18/h4-5,9H,6-7H2,1-3H3. The molecule has 6 heteroatoms. The highest BCUT2D eigenvalue weighted by molar-refractivity contribution is 7.84. The summed E-state index contributed by atoms with van der Waals surface area (Å²) in [6.07, 6.45) is 1.67. The van der Waals surface area contributed by atoms with Gasteiger partial charge in [-0.05, 0) is 25.5 Å². The molecule has 3 nitrogen and oxygen atoms in total. The fourth-order valence-corrected chi connectivity index (χ4v) is 3.29. The van der Waals surface area contributed by atoms with Crippen molar-refractivity contribution in [3.05, 3.63) is 29.3 Å². The molecule has 0 aliphatic rings. The van der Waals surface area contributed by atoms with Gasteiger partial charge in [0.2, 0.25) is 0 Å². The number of aromatic nitrogens is 2. The van der Waals surface area contributed by atoms with E-state index in [-0.39, 0.29) is 17.7 Å². The second-order valence-corrected chi connectivity index (χ2v) is 6.46. The molecule has 0 aliphatic heterocycles. The van der Waals surface area contributed by atoms with E-state index < -0.39 is 10.8 Å². The molecule has 2 atom stereocenters. The van der Waals surface area contributed by atoms with Crippen molar-refractivity contribution in [2.24, 2.45) is 0 Å². The molecule has 0 spiro atoms. The van der Waals surface area contributed by atoms with Gasteiger partial charge in [0, 0.05) is 34.9 Å². The van der Waals surface area contributed by atoms with E-state index in [0.717, 1.165) is 5.52 Å². The fraction of sp³-hybridized carbons (Fsp3) is 0.462. The number of rotatable bonds is 4. The molecule has 19 heavy (non-hydrogen) atoms. The molecule has 0 fully saturated rings. The van der Waals surface area contributed by atoms with Gasteiger partial charge in [-0.2, -0.15) is 0 Å². The maximum Gasteiger partial charge on any atom is 0.128 e. The van der Waals surface area contributed by atoms with Crippen LogP contribution in [-0.2, 0) is 16.7 Å². The van der Waals surface area contributed by atoms with Gasteiger partial charge in [-0.1, -0.05) is 0 Å². The summed E-state index contributed by atoms with van der Waals surface area (Å²) in [6.45, 7) is 3.69. The monoisotopic (exact) mass is 302 g/mol. The van der Waals surface area contributed by atoms with Crippen LogP contribution >= 0.6 is 11.6 Å². The normalized spacial score (nSPS) is 14.8.